The smallest absolute Gasteiger partial charge is 0.330 e. The fourth-order valence-corrected chi connectivity index (χ4v) is 4.33. The van der Waals surface area contributed by atoms with Crippen LogP contribution in [-0.4, -0.2) is 45.9 Å². The summed E-state index contributed by atoms with van der Waals surface area (Å²) in [5.74, 6) is -0.561. The molecule has 0 saturated carbocycles. The van der Waals surface area contributed by atoms with Gasteiger partial charge in [0.1, 0.15) is 5.82 Å². The SMILES string of the molecule is CCCCn1c(N)c(N(CC)C(=O)C2CCN(C(=O)c3ccccc3C)CC2)c(=O)[nH]c1=O. The van der Waals surface area contributed by atoms with Crippen LogP contribution < -0.4 is 21.9 Å². The van der Waals surface area contributed by atoms with Gasteiger partial charge in [0.05, 0.1) is 0 Å². The van der Waals surface area contributed by atoms with Gasteiger partial charge in [-0.25, -0.2) is 4.79 Å². The molecular weight excluding hydrogens is 422 g/mol. The van der Waals surface area contributed by atoms with Gasteiger partial charge in [-0.1, -0.05) is 31.5 Å². The molecule has 1 saturated heterocycles. The largest absolute Gasteiger partial charge is 0.383 e. The number of piperidine rings is 1. The first-order valence-corrected chi connectivity index (χ1v) is 11.6. The number of carbonyl (C=O) groups excluding carboxylic acids is 2. The minimum Gasteiger partial charge on any atom is -0.383 e. The van der Waals surface area contributed by atoms with E-state index in [-0.39, 0.29) is 35.8 Å². The number of amides is 2. The third-order valence-corrected chi connectivity index (χ3v) is 6.31. The van der Waals surface area contributed by atoms with E-state index < -0.39 is 11.2 Å². The van der Waals surface area contributed by atoms with Crippen molar-refractivity contribution in [3.63, 3.8) is 0 Å². The first-order chi connectivity index (χ1) is 15.8. The number of aromatic amines is 1. The number of nitrogens with zero attached hydrogens (tertiary/aromatic N) is 3. The Labute approximate surface area is 193 Å². The van der Waals surface area contributed by atoms with Gasteiger partial charge in [0.25, 0.3) is 11.5 Å². The highest BCUT2D eigenvalue weighted by atomic mass is 16.2. The molecule has 9 nitrogen and oxygen atoms in total. The van der Waals surface area contributed by atoms with Gasteiger partial charge in [0.15, 0.2) is 5.69 Å². The first-order valence-electron chi connectivity index (χ1n) is 11.6. The second-order valence-electron chi connectivity index (χ2n) is 8.46. The first kappa shape index (κ1) is 24.3. The lowest BCUT2D eigenvalue weighted by atomic mass is 9.94. The van der Waals surface area contributed by atoms with Crippen LogP contribution in [0.25, 0.3) is 0 Å². The Morgan fingerprint density at radius 2 is 1.82 bits per heavy atom. The highest BCUT2D eigenvalue weighted by Gasteiger charge is 2.33. The summed E-state index contributed by atoms with van der Waals surface area (Å²) in [6.07, 6.45) is 2.58. The number of benzene rings is 1. The summed E-state index contributed by atoms with van der Waals surface area (Å²) in [7, 11) is 0. The maximum atomic E-state index is 13.4. The van der Waals surface area contributed by atoms with E-state index in [4.69, 9.17) is 5.73 Å². The van der Waals surface area contributed by atoms with Crippen LogP contribution >= 0.6 is 0 Å². The summed E-state index contributed by atoms with van der Waals surface area (Å²) >= 11 is 0. The fraction of sp³-hybridized carbons (Fsp3) is 0.500. The van der Waals surface area contributed by atoms with Crippen LogP contribution in [0.5, 0.6) is 0 Å². The lowest BCUT2D eigenvalue weighted by Gasteiger charge is -2.34. The van der Waals surface area contributed by atoms with E-state index in [2.05, 4.69) is 4.98 Å². The van der Waals surface area contributed by atoms with Crippen molar-refractivity contribution in [2.75, 3.05) is 30.3 Å². The van der Waals surface area contributed by atoms with E-state index in [1.165, 1.54) is 9.47 Å². The van der Waals surface area contributed by atoms with E-state index >= 15 is 0 Å². The Kier molecular flexibility index (Phi) is 7.73. The molecule has 0 unspecified atom stereocenters. The molecule has 1 aliphatic rings. The number of carbonyl (C=O) groups is 2. The summed E-state index contributed by atoms with van der Waals surface area (Å²) in [5.41, 5.74) is 6.60. The van der Waals surface area contributed by atoms with E-state index in [1.807, 2.05) is 38.1 Å². The molecule has 2 aromatic rings. The molecule has 0 aliphatic carbocycles. The van der Waals surface area contributed by atoms with E-state index in [1.54, 1.807) is 11.8 Å². The van der Waals surface area contributed by atoms with Gasteiger partial charge in [-0.3, -0.25) is 23.9 Å². The van der Waals surface area contributed by atoms with Crippen LogP contribution in [-0.2, 0) is 11.3 Å². The number of unbranched alkanes of at least 4 members (excludes halogenated alkanes) is 1. The predicted molar refractivity (Wildman–Crippen MR) is 128 cm³/mol. The number of hydrogen-bond donors (Lipinski definition) is 2. The Hall–Kier alpha value is -3.36. The molecule has 1 aliphatic heterocycles. The zero-order valence-electron chi connectivity index (χ0n) is 19.6. The van der Waals surface area contributed by atoms with Crippen LogP contribution in [0.1, 0.15) is 55.5 Å². The van der Waals surface area contributed by atoms with E-state index in [9.17, 15) is 19.2 Å². The molecule has 2 heterocycles. The number of likely N-dealkylation sites (tertiary alicyclic amines) is 1. The Bertz CT molecular complexity index is 1130. The lowest BCUT2D eigenvalue weighted by molar-refractivity contribution is -0.123. The van der Waals surface area contributed by atoms with Crippen LogP contribution in [0.2, 0.25) is 0 Å². The Morgan fingerprint density at radius 1 is 1.15 bits per heavy atom. The molecule has 1 aromatic heterocycles. The van der Waals surface area contributed by atoms with Gasteiger partial charge in [-0.2, -0.15) is 0 Å². The number of H-pyrrole nitrogens is 1. The number of nitrogen functional groups attached to an aromatic ring is 1. The zero-order valence-corrected chi connectivity index (χ0v) is 19.6. The number of aryl methyl sites for hydroxylation is 1. The third kappa shape index (κ3) is 5.02. The molecule has 0 radical (unpaired) electrons. The highest BCUT2D eigenvalue weighted by Crippen LogP contribution is 2.25. The molecular formula is C24H33N5O4. The number of aromatic nitrogens is 2. The van der Waals surface area contributed by atoms with Crippen LogP contribution in [0.4, 0.5) is 11.5 Å². The van der Waals surface area contributed by atoms with Crippen molar-refractivity contribution < 1.29 is 9.59 Å². The number of nitrogens with two attached hydrogens (primary N) is 1. The van der Waals surface area contributed by atoms with Gasteiger partial charge in [-0.15, -0.1) is 0 Å². The fourth-order valence-electron chi connectivity index (χ4n) is 4.33. The van der Waals surface area contributed by atoms with Crippen molar-refractivity contribution in [3.05, 3.63) is 56.2 Å². The van der Waals surface area contributed by atoms with Crippen molar-refractivity contribution in [2.45, 2.75) is 53.0 Å². The van der Waals surface area contributed by atoms with Gasteiger partial charge >= 0.3 is 5.69 Å². The van der Waals surface area contributed by atoms with Crippen LogP contribution in [0.15, 0.2) is 33.9 Å². The summed E-state index contributed by atoms with van der Waals surface area (Å²) in [5, 5.41) is 0. The van der Waals surface area contributed by atoms with Gasteiger partial charge in [0.2, 0.25) is 5.91 Å². The number of nitrogens with one attached hydrogen (secondary N) is 1. The molecule has 3 rings (SSSR count). The molecule has 0 spiro atoms. The van der Waals surface area contributed by atoms with Gasteiger partial charge in [0, 0.05) is 37.7 Å². The molecule has 33 heavy (non-hydrogen) atoms. The quantitative estimate of drug-likeness (QED) is 0.662. The van der Waals surface area contributed by atoms with Crippen molar-refractivity contribution in [1.29, 1.82) is 0 Å². The van der Waals surface area contributed by atoms with Crippen molar-refractivity contribution >= 4 is 23.3 Å². The summed E-state index contributed by atoms with van der Waals surface area (Å²) in [6, 6.07) is 7.47. The average Bonchev–Trinajstić information content (AvgIpc) is 2.81. The molecule has 3 N–H and O–H groups in total. The molecule has 1 fully saturated rings. The highest BCUT2D eigenvalue weighted by molar-refractivity contribution is 5.98. The standard InChI is InChI=1S/C24H33N5O4/c1-4-6-13-29-20(25)19(21(30)26-24(29)33)28(5-2)22(31)17-11-14-27(15-12-17)23(32)18-10-8-7-9-16(18)3/h7-10,17H,4-6,11-15,25H2,1-3H3,(H,26,30,33). The lowest BCUT2D eigenvalue weighted by Crippen LogP contribution is -2.47. The molecule has 0 atom stereocenters. The van der Waals surface area contributed by atoms with Crippen molar-refractivity contribution in [3.8, 4) is 0 Å². The van der Waals surface area contributed by atoms with Gasteiger partial charge < -0.3 is 15.5 Å². The van der Waals surface area contributed by atoms with Crippen molar-refractivity contribution in [2.24, 2.45) is 5.92 Å². The zero-order chi connectivity index (χ0) is 24.1. The minimum absolute atomic E-state index is 0.0135. The topological polar surface area (TPSA) is 121 Å². The number of anilines is 2. The molecule has 1 aromatic carbocycles. The maximum absolute atomic E-state index is 13.4. The van der Waals surface area contributed by atoms with Crippen LogP contribution in [0.3, 0.4) is 0 Å². The Balaban J connectivity index is 1.77. The third-order valence-electron chi connectivity index (χ3n) is 6.31. The molecule has 9 heteroatoms. The average molecular weight is 456 g/mol. The Morgan fingerprint density at radius 3 is 2.42 bits per heavy atom. The second kappa shape index (κ2) is 10.5. The van der Waals surface area contributed by atoms with Crippen LogP contribution in [0, 0.1) is 12.8 Å². The monoisotopic (exact) mass is 455 g/mol. The summed E-state index contributed by atoms with van der Waals surface area (Å²) < 4.78 is 1.32. The van der Waals surface area contributed by atoms with Crippen molar-refractivity contribution in [1.82, 2.24) is 14.5 Å². The summed E-state index contributed by atoms with van der Waals surface area (Å²) in [4.78, 5) is 56.5. The van der Waals surface area contributed by atoms with E-state index in [0.29, 0.717) is 38.0 Å². The minimum atomic E-state index is -0.660. The normalized spacial score (nSPS) is 14.3. The predicted octanol–water partition coefficient (Wildman–Crippen LogP) is 2.13. The van der Waals surface area contributed by atoms with E-state index in [0.717, 1.165) is 18.4 Å². The molecule has 178 valence electrons. The maximum Gasteiger partial charge on any atom is 0.330 e. The number of rotatable bonds is 7. The van der Waals surface area contributed by atoms with Gasteiger partial charge in [-0.05, 0) is 44.7 Å². The molecule has 2 amide bonds. The molecule has 0 bridgehead atoms. The summed E-state index contributed by atoms with van der Waals surface area (Å²) in [6.45, 7) is 7.22. The second-order valence-corrected chi connectivity index (χ2v) is 8.46. The number of hydrogen-bond acceptors (Lipinski definition) is 5.